The lowest BCUT2D eigenvalue weighted by Gasteiger charge is -2.40. The summed E-state index contributed by atoms with van der Waals surface area (Å²) in [6, 6.07) is 4.68. The van der Waals surface area contributed by atoms with Gasteiger partial charge in [0, 0.05) is 18.5 Å². The number of hydrogen-bond acceptors (Lipinski definition) is 4. The van der Waals surface area contributed by atoms with E-state index in [4.69, 9.17) is 4.74 Å². The second-order valence-corrected chi connectivity index (χ2v) is 10.2. The first-order valence-corrected chi connectivity index (χ1v) is 11.5. The molecule has 1 aromatic rings. The minimum atomic E-state index is -4.55. The zero-order chi connectivity index (χ0) is 24.4. The van der Waals surface area contributed by atoms with E-state index in [-0.39, 0.29) is 12.1 Å². The van der Waals surface area contributed by atoms with Crippen molar-refractivity contribution in [3.8, 4) is 0 Å². The predicted octanol–water partition coefficient (Wildman–Crippen LogP) is 4.61. The van der Waals surface area contributed by atoms with Gasteiger partial charge in [0.15, 0.2) is 0 Å². The van der Waals surface area contributed by atoms with Crippen LogP contribution in [0.1, 0.15) is 76.3 Å². The summed E-state index contributed by atoms with van der Waals surface area (Å²) in [4.78, 5) is 27.2. The molecule has 2 N–H and O–H groups in total. The van der Waals surface area contributed by atoms with Crippen molar-refractivity contribution in [3.63, 3.8) is 0 Å². The summed E-state index contributed by atoms with van der Waals surface area (Å²) in [6.45, 7) is 5.91. The fraction of sp³-hybridized carbons (Fsp3) is 0.667. The average molecular weight is 471 g/mol. The topological polar surface area (TPSA) is 78.9 Å². The van der Waals surface area contributed by atoms with E-state index < -0.39 is 46.9 Å². The van der Waals surface area contributed by atoms with Crippen molar-refractivity contribution >= 4 is 12.0 Å². The molecule has 2 atom stereocenters. The smallest absolute Gasteiger partial charge is 0.416 e. The molecule has 2 aliphatic rings. The largest absolute Gasteiger partial charge is 0.444 e. The molecule has 6 nitrogen and oxygen atoms in total. The first kappa shape index (κ1) is 25.3. The normalized spacial score (nSPS) is 22.0. The molecule has 1 aliphatic heterocycles. The number of ether oxygens (including phenoxy) is 1. The van der Waals surface area contributed by atoms with Gasteiger partial charge in [-0.2, -0.15) is 13.2 Å². The van der Waals surface area contributed by atoms with Crippen LogP contribution in [0.3, 0.4) is 0 Å². The van der Waals surface area contributed by atoms with E-state index in [1.54, 1.807) is 0 Å². The number of aliphatic hydroxyl groups is 1. The highest BCUT2D eigenvalue weighted by molar-refractivity contribution is 5.85. The van der Waals surface area contributed by atoms with Crippen LogP contribution in [0.5, 0.6) is 0 Å². The van der Waals surface area contributed by atoms with Gasteiger partial charge in [0.1, 0.15) is 6.10 Å². The molecule has 1 saturated heterocycles. The maximum atomic E-state index is 13.6. The molecule has 33 heavy (non-hydrogen) atoms. The molecular weight excluding hydrogens is 437 g/mol. The van der Waals surface area contributed by atoms with Crippen LogP contribution < -0.4 is 5.32 Å². The lowest BCUT2D eigenvalue weighted by molar-refractivity contribution is -0.142. The van der Waals surface area contributed by atoms with Gasteiger partial charge in [-0.3, -0.25) is 4.79 Å². The Hall–Kier alpha value is -2.29. The van der Waals surface area contributed by atoms with Gasteiger partial charge < -0.3 is 20.1 Å². The number of rotatable bonds is 4. The number of alkyl carbamates (subject to hydrolysis) is 1. The summed E-state index contributed by atoms with van der Waals surface area (Å²) in [6.07, 6.45) is -2.20. The Morgan fingerprint density at radius 1 is 1.18 bits per heavy atom. The number of nitrogens with one attached hydrogen (secondary N) is 1. The van der Waals surface area contributed by atoms with Crippen LogP contribution >= 0.6 is 0 Å². The van der Waals surface area contributed by atoms with Gasteiger partial charge in [-0.15, -0.1) is 0 Å². The maximum Gasteiger partial charge on any atom is 0.416 e. The Balaban J connectivity index is 1.82. The molecule has 2 fully saturated rings. The number of halogens is 3. The highest BCUT2D eigenvalue weighted by atomic mass is 19.4. The highest BCUT2D eigenvalue weighted by Gasteiger charge is 2.46. The van der Waals surface area contributed by atoms with Gasteiger partial charge in [0.2, 0.25) is 5.91 Å². The second kappa shape index (κ2) is 9.52. The Morgan fingerprint density at radius 2 is 1.85 bits per heavy atom. The number of carbonyl (C=O) groups is 2. The predicted molar refractivity (Wildman–Crippen MR) is 117 cm³/mol. The van der Waals surface area contributed by atoms with Gasteiger partial charge in [-0.1, -0.05) is 37.5 Å². The first-order valence-electron chi connectivity index (χ1n) is 11.5. The van der Waals surface area contributed by atoms with Crippen LogP contribution in [0.15, 0.2) is 24.3 Å². The summed E-state index contributed by atoms with van der Waals surface area (Å²) in [5.41, 5.74) is -2.57. The molecule has 2 amide bonds. The van der Waals surface area contributed by atoms with Crippen LogP contribution in [0, 0.1) is 0 Å². The van der Waals surface area contributed by atoms with Crippen LogP contribution in [-0.2, 0) is 15.7 Å². The molecule has 0 spiro atoms. The molecule has 0 bridgehead atoms. The Labute approximate surface area is 192 Å². The number of alkyl halides is 3. The van der Waals surface area contributed by atoms with Crippen molar-refractivity contribution in [2.75, 3.05) is 13.1 Å². The SMILES string of the molecule is CC(C)(C)NC(=O)OC1CCN(C(=O)C(c2cccc(C(F)(F)F)c2)C2(O)CCCCC2)C1. The van der Waals surface area contributed by atoms with E-state index in [1.807, 2.05) is 20.8 Å². The van der Waals surface area contributed by atoms with Gasteiger partial charge in [-0.05, 0) is 45.2 Å². The third kappa shape index (κ3) is 6.40. The summed E-state index contributed by atoms with van der Waals surface area (Å²) < 4.78 is 45.5. The summed E-state index contributed by atoms with van der Waals surface area (Å²) in [7, 11) is 0. The standard InChI is InChI=1S/C24H33F3N2O4/c1-22(2,3)28-21(31)33-18-10-13-29(15-18)20(30)19(23(32)11-5-4-6-12-23)16-8-7-9-17(14-16)24(25,26)27/h7-9,14,18-19,32H,4-6,10-13,15H2,1-3H3,(H,28,31). The van der Waals surface area contributed by atoms with Crippen molar-refractivity contribution in [1.82, 2.24) is 10.2 Å². The van der Waals surface area contributed by atoms with E-state index >= 15 is 0 Å². The fourth-order valence-corrected chi connectivity index (χ4v) is 4.72. The number of likely N-dealkylation sites (tertiary alicyclic amines) is 1. The van der Waals surface area contributed by atoms with Crippen LogP contribution in [-0.4, -0.2) is 52.3 Å². The minimum Gasteiger partial charge on any atom is -0.444 e. The lowest BCUT2D eigenvalue weighted by Crippen LogP contribution is -2.48. The monoisotopic (exact) mass is 470 g/mol. The number of benzene rings is 1. The molecule has 1 heterocycles. The minimum absolute atomic E-state index is 0.141. The van der Waals surface area contributed by atoms with E-state index in [0.717, 1.165) is 18.6 Å². The zero-order valence-electron chi connectivity index (χ0n) is 19.4. The van der Waals surface area contributed by atoms with Crippen molar-refractivity contribution in [1.29, 1.82) is 0 Å². The third-order valence-electron chi connectivity index (χ3n) is 6.26. The van der Waals surface area contributed by atoms with Crippen molar-refractivity contribution in [3.05, 3.63) is 35.4 Å². The molecule has 3 rings (SSSR count). The van der Waals surface area contributed by atoms with Gasteiger partial charge in [0.25, 0.3) is 0 Å². The Kier molecular flexibility index (Phi) is 7.31. The molecule has 184 valence electrons. The Bertz CT molecular complexity index is 860. The van der Waals surface area contributed by atoms with Crippen LogP contribution in [0.25, 0.3) is 0 Å². The molecule has 2 unspecified atom stereocenters. The van der Waals surface area contributed by atoms with E-state index in [0.29, 0.717) is 38.6 Å². The molecule has 1 saturated carbocycles. The Morgan fingerprint density at radius 3 is 2.45 bits per heavy atom. The van der Waals surface area contributed by atoms with Crippen molar-refractivity contribution in [2.24, 2.45) is 0 Å². The van der Waals surface area contributed by atoms with Gasteiger partial charge >= 0.3 is 12.3 Å². The molecule has 1 aromatic carbocycles. The second-order valence-electron chi connectivity index (χ2n) is 10.2. The molecule has 0 radical (unpaired) electrons. The number of carbonyl (C=O) groups excluding carboxylic acids is 2. The number of amides is 2. The van der Waals surface area contributed by atoms with E-state index in [1.165, 1.54) is 17.0 Å². The molecule has 9 heteroatoms. The summed E-state index contributed by atoms with van der Waals surface area (Å²) >= 11 is 0. The summed E-state index contributed by atoms with van der Waals surface area (Å²) in [5, 5.41) is 14.1. The van der Waals surface area contributed by atoms with Crippen molar-refractivity contribution in [2.45, 2.75) is 88.6 Å². The van der Waals surface area contributed by atoms with Crippen LogP contribution in [0.2, 0.25) is 0 Å². The van der Waals surface area contributed by atoms with E-state index in [2.05, 4.69) is 5.32 Å². The third-order valence-corrected chi connectivity index (χ3v) is 6.26. The average Bonchev–Trinajstić information content (AvgIpc) is 3.15. The first-order chi connectivity index (χ1) is 15.3. The number of nitrogens with zero attached hydrogens (tertiary/aromatic N) is 1. The van der Waals surface area contributed by atoms with Crippen molar-refractivity contribution < 1.29 is 32.6 Å². The fourth-order valence-electron chi connectivity index (χ4n) is 4.72. The van der Waals surface area contributed by atoms with Gasteiger partial charge in [0.05, 0.1) is 23.6 Å². The van der Waals surface area contributed by atoms with Gasteiger partial charge in [-0.25, -0.2) is 4.79 Å². The van der Waals surface area contributed by atoms with Crippen LogP contribution in [0.4, 0.5) is 18.0 Å². The van der Waals surface area contributed by atoms with E-state index in [9.17, 15) is 27.9 Å². The molecular formula is C24H33F3N2O4. The highest BCUT2D eigenvalue weighted by Crippen LogP contribution is 2.43. The summed E-state index contributed by atoms with van der Waals surface area (Å²) in [5.74, 6) is -1.54. The molecule has 1 aliphatic carbocycles. The lowest BCUT2D eigenvalue weighted by atomic mass is 9.72. The molecule has 0 aromatic heterocycles. The zero-order valence-corrected chi connectivity index (χ0v) is 19.4. The maximum absolute atomic E-state index is 13.6. The number of hydrogen-bond donors (Lipinski definition) is 2. The quantitative estimate of drug-likeness (QED) is 0.674.